The zero-order chi connectivity index (χ0) is 22.8. The van der Waals surface area contributed by atoms with Gasteiger partial charge in [-0.3, -0.25) is 19.0 Å². The number of fused-ring (bicyclic) bond motifs is 1. The highest BCUT2D eigenvalue weighted by atomic mass is 79.9. The number of thiophene rings is 1. The van der Waals surface area contributed by atoms with Gasteiger partial charge in [-0.15, -0.1) is 11.3 Å². The lowest BCUT2D eigenvalue weighted by Crippen LogP contribution is -2.33. The number of halogens is 1. The largest absolute Gasteiger partial charge is 0.324 e. The van der Waals surface area contributed by atoms with Gasteiger partial charge in [-0.2, -0.15) is 0 Å². The summed E-state index contributed by atoms with van der Waals surface area (Å²) >= 11 is 4.84. The van der Waals surface area contributed by atoms with E-state index in [9.17, 15) is 14.4 Å². The number of rotatable bonds is 6. The second-order valence-electron chi connectivity index (χ2n) is 7.34. The highest BCUT2D eigenvalue weighted by Gasteiger charge is 2.23. The molecular formula is C24H20BrN3O3S. The van der Waals surface area contributed by atoms with Crippen LogP contribution in [0.15, 0.2) is 69.5 Å². The molecule has 0 saturated carbocycles. The Morgan fingerprint density at radius 1 is 1.12 bits per heavy atom. The van der Waals surface area contributed by atoms with Crippen molar-refractivity contribution in [3.8, 4) is 11.1 Å². The first-order valence-electron chi connectivity index (χ1n) is 10.0. The molecule has 0 bridgehead atoms. The van der Waals surface area contributed by atoms with Crippen molar-refractivity contribution in [1.82, 2.24) is 9.55 Å². The van der Waals surface area contributed by atoms with E-state index in [2.05, 4.69) is 26.2 Å². The molecule has 2 aromatic carbocycles. The number of carbonyl (C=O) groups is 2. The standard InChI is InChI=1S/C24H20BrN3O3S/c1-3-20(22(30)27-18-10-6-15(7-11-18)14(2)29)28-13-26-23-21(24(28)31)19(12-32-23)16-4-8-17(25)9-5-16/h4-13,20H,3H2,1-2H3,(H,27,30). The Kier molecular flexibility index (Phi) is 6.34. The molecule has 162 valence electrons. The number of benzene rings is 2. The van der Waals surface area contributed by atoms with Gasteiger partial charge in [0.1, 0.15) is 10.9 Å². The van der Waals surface area contributed by atoms with Crippen LogP contribution in [0, 0.1) is 0 Å². The van der Waals surface area contributed by atoms with Crippen LogP contribution < -0.4 is 10.9 Å². The van der Waals surface area contributed by atoms with E-state index in [1.165, 1.54) is 29.2 Å². The maximum atomic E-state index is 13.4. The highest BCUT2D eigenvalue weighted by molar-refractivity contribution is 9.10. The third-order valence-electron chi connectivity index (χ3n) is 5.26. The van der Waals surface area contributed by atoms with E-state index in [1.807, 2.05) is 36.6 Å². The summed E-state index contributed by atoms with van der Waals surface area (Å²) in [5.41, 5.74) is 2.60. The predicted molar refractivity (Wildman–Crippen MR) is 131 cm³/mol. The van der Waals surface area contributed by atoms with E-state index in [-0.39, 0.29) is 17.2 Å². The van der Waals surface area contributed by atoms with Crippen molar-refractivity contribution in [2.75, 3.05) is 5.32 Å². The fraction of sp³-hybridized carbons (Fsp3) is 0.167. The summed E-state index contributed by atoms with van der Waals surface area (Å²) in [6, 6.07) is 13.7. The van der Waals surface area contributed by atoms with Crippen LogP contribution in [0.3, 0.4) is 0 Å². The van der Waals surface area contributed by atoms with Crippen molar-refractivity contribution in [3.63, 3.8) is 0 Å². The molecule has 0 aliphatic carbocycles. The van der Waals surface area contributed by atoms with E-state index in [0.29, 0.717) is 27.9 Å². The molecule has 4 rings (SSSR count). The predicted octanol–water partition coefficient (Wildman–Crippen LogP) is 5.68. The second kappa shape index (κ2) is 9.18. The molecule has 2 aromatic heterocycles. The third kappa shape index (κ3) is 4.28. The number of ketones is 1. The SMILES string of the molecule is CCC(C(=O)Nc1ccc(C(C)=O)cc1)n1cnc2scc(-c3ccc(Br)cc3)c2c1=O. The number of nitrogens with one attached hydrogen (secondary N) is 1. The molecule has 32 heavy (non-hydrogen) atoms. The van der Waals surface area contributed by atoms with Crippen LogP contribution in [0.1, 0.15) is 36.7 Å². The van der Waals surface area contributed by atoms with Gasteiger partial charge in [-0.05, 0) is 55.3 Å². The summed E-state index contributed by atoms with van der Waals surface area (Å²) in [4.78, 5) is 43.0. The summed E-state index contributed by atoms with van der Waals surface area (Å²) < 4.78 is 2.35. The van der Waals surface area contributed by atoms with Crippen LogP contribution in [-0.2, 0) is 4.79 Å². The lowest BCUT2D eigenvalue weighted by atomic mass is 10.1. The Bertz CT molecular complexity index is 1360. The van der Waals surface area contributed by atoms with E-state index >= 15 is 0 Å². The lowest BCUT2D eigenvalue weighted by molar-refractivity contribution is -0.119. The van der Waals surface area contributed by atoms with Crippen LogP contribution >= 0.6 is 27.3 Å². The number of anilines is 1. The number of amides is 1. The fourth-order valence-corrected chi connectivity index (χ4v) is 4.70. The van der Waals surface area contributed by atoms with Crippen molar-refractivity contribution in [1.29, 1.82) is 0 Å². The van der Waals surface area contributed by atoms with Gasteiger partial charge in [0, 0.05) is 26.7 Å². The van der Waals surface area contributed by atoms with Gasteiger partial charge in [0.2, 0.25) is 5.91 Å². The van der Waals surface area contributed by atoms with Gasteiger partial charge < -0.3 is 5.32 Å². The Balaban J connectivity index is 1.69. The van der Waals surface area contributed by atoms with Crippen molar-refractivity contribution in [2.45, 2.75) is 26.3 Å². The second-order valence-corrected chi connectivity index (χ2v) is 9.11. The molecule has 0 spiro atoms. The summed E-state index contributed by atoms with van der Waals surface area (Å²) in [7, 11) is 0. The Morgan fingerprint density at radius 3 is 2.44 bits per heavy atom. The third-order valence-corrected chi connectivity index (χ3v) is 6.67. The van der Waals surface area contributed by atoms with E-state index in [1.54, 1.807) is 24.3 Å². The van der Waals surface area contributed by atoms with Crippen LogP contribution in [0.4, 0.5) is 5.69 Å². The first-order chi connectivity index (χ1) is 15.4. The lowest BCUT2D eigenvalue weighted by Gasteiger charge is -2.18. The molecule has 0 radical (unpaired) electrons. The molecule has 6 nitrogen and oxygen atoms in total. The molecule has 4 aromatic rings. The quantitative estimate of drug-likeness (QED) is 0.339. The minimum atomic E-state index is -0.718. The number of aromatic nitrogens is 2. The maximum absolute atomic E-state index is 13.4. The average Bonchev–Trinajstić information content (AvgIpc) is 3.21. The zero-order valence-corrected chi connectivity index (χ0v) is 19.9. The molecular weight excluding hydrogens is 490 g/mol. The molecule has 0 aliphatic heterocycles. The first-order valence-corrected chi connectivity index (χ1v) is 11.7. The molecule has 0 aliphatic rings. The van der Waals surface area contributed by atoms with E-state index in [4.69, 9.17) is 0 Å². The van der Waals surface area contributed by atoms with Crippen molar-refractivity contribution in [3.05, 3.63) is 80.6 Å². The van der Waals surface area contributed by atoms with Gasteiger partial charge >= 0.3 is 0 Å². The van der Waals surface area contributed by atoms with Crippen molar-refractivity contribution in [2.24, 2.45) is 0 Å². The molecule has 8 heteroatoms. The summed E-state index contributed by atoms with van der Waals surface area (Å²) in [6.07, 6.45) is 1.86. The van der Waals surface area contributed by atoms with E-state index < -0.39 is 6.04 Å². The Labute approximate surface area is 197 Å². The monoisotopic (exact) mass is 509 g/mol. The normalized spacial score (nSPS) is 12.0. The fourth-order valence-electron chi connectivity index (χ4n) is 3.53. The Morgan fingerprint density at radius 2 is 1.81 bits per heavy atom. The van der Waals surface area contributed by atoms with Crippen LogP contribution in [-0.4, -0.2) is 21.2 Å². The maximum Gasteiger partial charge on any atom is 0.263 e. The number of Topliss-reactive ketones (excluding diaryl/α,β-unsaturated/α-hetero) is 1. The molecule has 1 amide bonds. The number of carbonyl (C=O) groups excluding carboxylic acids is 2. The molecule has 1 atom stereocenters. The molecule has 0 saturated heterocycles. The minimum absolute atomic E-state index is 0.0439. The molecule has 0 fully saturated rings. The zero-order valence-electron chi connectivity index (χ0n) is 17.5. The van der Waals surface area contributed by atoms with Crippen LogP contribution in [0.25, 0.3) is 21.3 Å². The van der Waals surface area contributed by atoms with Crippen molar-refractivity contribution < 1.29 is 9.59 Å². The van der Waals surface area contributed by atoms with Crippen LogP contribution in [0.5, 0.6) is 0 Å². The van der Waals surface area contributed by atoms with Gasteiger partial charge in [0.15, 0.2) is 5.78 Å². The van der Waals surface area contributed by atoms with Gasteiger partial charge in [-0.1, -0.05) is 35.0 Å². The molecule has 1 N–H and O–H groups in total. The van der Waals surface area contributed by atoms with E-state index in [0.717, 1.165) is 15.6 Å². The molecule has 1 unspecified atom stereocenters. The van der Waals surface area contributed by atoms with Gasteiger partial charge in [0.05, 0.1) is 11.7 Å². The minimum Gasteiger partial charge on any atom is -0.324 e. The molecule has 2 heterocycles. The number of nitrogens with zero attached hydrogens (tertiary/aromatic N) is 2. The van der Waals surface area contributed by atoms with Crippen LogP contribution in [0.2, 0.25) is 0 Å². The van der Waals surface area contributed by atoms with Gasteiger partial charge in [-0.25, -0.2) is 4.98 Å². The first kappa shape index (κ1) is 22.1. The number of hydrogen-bond acceptors (Lipinski definition) is 5. The van der Waals surface area contributed by atoms with Gasteiger partial charge in [0.25, 0.3) is 5.56 Å². The summed E-state index contributed by atoms with van der Waals surface area (Å²) in [5.74, 6) is -0.357. The highest BCUT2D eigenvalue weighted by Crippen LogP contribution is 2.31. The smallest absolute Gasteiger partial charge is 0.263 e. The number of hydrogen-bond donors (Lipinski definition) is 1. The topological polar surface area (TPSA) is 81.1 Å². The average molecular weight is 510 g/mol. The van der Waals surface area contributed by atoms with Crippen molar-refractivity contribution >= 4 is 54.9 Å². The summed E-state index contributed by atoms with van der Waals surface area (Å²) in [6.45, 7) is 3.34. The summed E-state index contributed by atoms with van der Waals surface area (Å²) in [5, 5.41) is 5.27. The Hall–Kier alpha value is -3.10.